The summed E-state index contributed by atoms with van der Waals surface area (Å²) < 4.78 is 5.90. The van der Waals surface area contributed by atoms with Gasteiger partial charge in [0.15, 0.2) is 6.29 Å². The lowest BCUT2D eigenvalue weighted by Gasteiger charge is -2.36. The molecule has 1 atom stereocenters. The lowest BCUT2D eigenvalue weighted by Crippen LogP contribution is -2.47. The van der Waals surface area contributed by atoms with Crippen molar-refractivity contribution in [3.05, 3.63) is 53.3 Å². The van der Waals surface area contributed by atoms with Crippen molar-refractivity contribution in [3.8, 4) is 11.5 Å². The Morgan fingerprint density at radius 3 is 2.75 bits per heavy atom. The average molecular weight is 438 g/mol. The Balaban J connectivity index is 1.46. The first kappa shape index (κ1) is 22.3. The molecule has 7 nitrogen and oxygen atoms in total. The first-order chi connectivity index (χ1) is 15.7. The van der Waals surface area contributed by atoms with E-state index in [-0.39, 0.29) is 29.9 Å². The van der Waals surface area contributed by atoms with Gasteiger partial charge in [0.1, 0.15) is 18.1 Å². The standard InChI is InChI=1S/C25H31N3O4/c29-17-21-23(30)9-5-10-24(21)32-18-19-7-1-2-15-28(19)25(31)20-8-6-12-26-22(20)11-16-27-13-3-4-14-27/h5-6,8-10,12,17,19,30H,1-4,7,11,13-16,18H2. The summed E-state index contributed by atoms with van der Waals surface area (Å²) in [6, 6.07) is 8.37. The van der Waals surface area contributed by atoms with Crippen LogP contribution in [0.5, 0.6) is 11.5 Å². The molecule has 2 aliphatic heterocycles. The number of piperidine rings is 1. The number of carbonyl (C=O) groups excluding carboxylic acids is 2. The molecule has 2 saturated heterocycles. The van der Waals surface area contributed by atoms with E-state index < -0.39 is 0 Å². The number of phenols is 1. The van der Waals surface area contributed by atoms with Gasteiger partial charge in [-0.15, -0.1) is 0 Å². The summed E-state index contributed by atoms with van der Waals surface area (Å²) in [5.41, 5.74) is 1.66. The van der Waals surface area contributed by atoms with E-state index in [1.54, 1.807) is 18.3 Å². The molecule has 0 aliphatic carbocycles. The highest BCUT2D eigenvalue weighted by atomic mass is 16.5. The van der Waals surface area contributed by atoms with Crippen LogP contribution in [0.25, 0.3) is 0 Å². The fourth-order valence-electron chi connectivity index (χ4n) is 4.66. The van der Waals surface area contributed by atoms with Gasteiger partial charge in [0.05, 0.1) is 22.9 Å². The molecule has 32 heavy (non-hydrogen) atoms. The Labute approximate surface area is 189 Å². The minimum atomic E-state index is -0.105. The lowest BCUT2D eigenvalue weighted by atomic mass is 10.0. The van der Waals surface area contributed by atoms with Crippen molar-refractivity contribution in [1.29, 1.82) is 0 Å². The van der Waals surface area contributed by atoms with Crippen LogP contribution in [0.2, 0.25) is 0 Å². The maximum atomic E-state index is 13.5. The topological polar surface area (TPSA) is 83.0 Å². The third-order valence-electron chi connectivity index (χ3n) is 6.46. The van der Waals surface area contributed by atoms with E-state index in [0.717, 1.165) is 51.0 Å². The number of ether oxygens (including phenoxy) is 1. The Kier molecular flexibility index (Phi) is 7.37. The number of benzene rings is 1. The van der Waals surface area contributed by atoms with Crippen molar-refractivity contribution in [1.82, 2.24) is 14.8 Å². The minimum absolute atomic E-state index is 0.00524. The van der Waals surface area contributed by atoms with Gasteiger partial charge >= 0.3 is 0 Å². The van der Waals surface area contributed by atoms with Gasteiger partial charge < -0.3 is 19.6 Å². The molecule has 170 valence electrons. The predicted molar refractivity (Wildman–Crippen MR) is 121 cm³/mol. The molecule has 0 spiro atoms. The number of pyridine rings is 1. The van der Waals surface area contributed by atoms with Crippen LogP contribution >= 0.6 is 0 Å². The number of nitrogens with zero attached hydrogens (tertiary/aromatic N) is 3. The normalized spacial score (nSPS) is 19.1. The molecule has 1 unspecified atom stereocenters. The number of rotatable bonds is 8. The monoisotopic (exact) mass is 437 g/mol. The molecule has 1 amide bonds. The van der Waals surface area contributed by atoms with Crippen molar-refractivity contribution in [3.63, 3.8) is 0 Å². The summed E-state index contributed by atoms with van der Waals surface area (Å²) in [7, 11) is 0. The number of hydrogen-bond acceptors (Lipinski definition) is 6. The van der Waals surface area contributed by atoms with E-state index in [4.69, 9.17) is 4.74 Å². The predicted octanol–water partition coefficient (Wildman–Crippen LogP) is 3.31. The maximum absolute atomic E-state index is 13.5. The largest absolute Gasteiger partial charge is 0.507 e. The summed E-state index contributed by atoms with van der Waals surface area (Å²) in [6.45, 7) is 4.13. The molecule has 0 bridgehead atoms. The van der Waals surface area contributed by atoms with Crippen LogP contribution < -0.4 is 4.74 Å². The third kappa shape index (κ3) is 5.10. The third-order valence-corrected chi connectivity index (χ3v) is 6.46. The van der Waals surface area contributed by atoms with Crippen molar-refractivity contribution < 1.29 is 19.4 Å². The number of phenolic OH excluding ortho intramolecular Hbond substituents is 1. The summed E-state index contributed by atoms with van der Waals surface area (Å²) in [6.07, 6.45) is 8.42. The molecule has 2 aromatic rings. The number of carbonyl (C=O) groups is 2. The quantitative estimate of drug-likeness (QED) is 0.638. The summed E-state index contributed by atoms with van der Waals surface area (Å²) in [5, 5.41) is 9.89. The van der Waals surface area contributed by atoms with Crippen LogP contribution in [-0.2, 0) is 6.42 Å². The van der Waals surface area contributed by atoms with Gasteiger partial charge in [0.2, 0.25) is 0 Å². The molecule has 1 aromatic carbocycles. The molecule has 2 aliphatic rings. The van der Waals surface area contributed by atoms with Crippen molar-refractivity contribution in [2.24, 2.45) is 0 Å². The lowest BCUT2D eigenvalue weighted by molar-refractivity contribution is 0.0525. The van der Waals surface area contributed by atoms with E-state index >= 15 is 0 Å². The number of aldehydes is 1. The highest BCUT2D eigenvalue weighted by Gasteiger charge is 2.30. The number of aromatic hydroxyl groups is 1. The summed E-state index contributed by atoms with van der Waals surface area (Å²) >= 11 is 0. The van der Waals surface area contributed by atoms with Crippen LogP contribution in [0.15, 0.2) is 36.5 Å². The van der Waals surface area contributed by atoms with Gasteiger partial charge in [-0.1, -0.05) is 6.07 Å². The molecular weight excluding hydrogens is 406 g/mol. The van der Waals surface area contributed by atoms with Gasteiger partial charge in [-0.3, -0.25) is 14.6 Å². The fraction of sp³-hybridized carbons (Fsp3) is 0.480. The fourth-order valence-corrected chi connectivity index (χ4v) is 4.66. The van der Waals surface area contributed by atoms with E-state index in [2.05, 4.69) is 9.88 Å². The molecule has 1 N–H and O–H groups in total. The second-order valence-corrected chi connectivity index (χ2v) is 8.56. The molecule has 3 heterocycles. The molecule has 4 rings (SSSR count). The van der Waals surface area contributed by atoms with Gasteiger partial charge in [0.25, 0.3) is 5.91 Å². The van der Waals surface area contributed by atoms with E-state index in [1.165, 1.54) is 18.9 Å². The van der Waals surface area contributed by atoms with Gasteiger partial charge in [0, 0.05) is 25.7 Å². The first-order valence-electron chi connectivity index (χ1n) is 11.5. The zero-order valence-electron chi connectivity index (χ0n) is 18.4. The Hall–Kier alpha value is -2.93. The zero-order chi connectivity index (χ0) is 22.3. The molecule has 1 aromatic heterocycles. The van der Waals surface area contributed by atoms with Crippen LogP contribution in [0, 0.1) is 0 Å². The molecule has 0 radical (unpaired) electrons. The first-order valence-corrected chi connectivity index (χ1v) is 11.5. The smallest absolute Gasteiger partial charge is 0.256 e. The Bertz CT molecular complexity index is 943. The van der Waals surface area contributed by atoms with Crippen LogP contribution in [0.4, 0.5) is 0 Å². The minimum Gasteiger partial charge on any atom is -0.507 e. The molecule has 0 saturated carbocycles. The number of hydrogen-bond donors (Lipinski definition) is 1. The second kappa shape index (κ2) is 10.6. The summed E-state index contributed by atoms with van der Waals surface area (Å²) in [5.74, 6) is 0.229. The van der Waals surface area contributed by atoms with Gasteiger partial charge in [-0.05, 0) is 69.5 Å². The van der Waals surface area contributed by atoms with Crippen LogP contribution in [0.3, 0.4) is 0 Å². The number of likely N-dealkylation sites (tertiary alicyclic amines) is 2. The zero-order valence-corrected chi connectivity index (χ0v) is 18.4. The SMILES string of the molecule is O=Cc1c(O)cccc1OCC1CCCCN1C(=O)c1cccnc1CCN1CCCC1. The van der Waals surface area contributed by atoms with Crippen molar-refractivity contribution >= 4 is 12.2 Å². The van der Waals surface area contributed by atoms with Gasteiger partial charge in [-0.25, -0.2) is 0 Å². The molecular formula is C25H31N3O4. The highest BCUT2D eigenvalue weighted by molar-refractivity contribution is 5.95. The van der Waals surface area contributed by atoms with Crippen LogP contribution in [-0.4, -0.2) is 70.9 Å². The Morgan fingerprint density at radius 2 is 1.94 bits per heavy atom. The number of amides is 1. The Morgan fingerprint density at radius 1 is 1.12 bits per heavy atom. The highest BCUT2D eigenvalue weighted by Crippen LogP contribution is 2.27. The van der Waals surface area contributed by atoms with Crippen LogP contribution in [0.1, 0.15) is 58.5 Å². The summed E-state index contributed by atoms with van der Waals surface area (Å²) in [4.78, 5) is 33.7. The van der Waals surface area contributed by atoms with Crippen molar-refractivity contribution in [2.45, 2.75) is 44.6 Å². The second-order valence-electron chi connectivity index (χ2n) is 8.56. The van der Waals surface area contributed by atoms with Crippen molar-refractivity contribution in [2.75, 3.05) is 32.8 Å². The van der Waals surface area contributed by atoms with E-state index in [0.29, 0.717) is 24.1 Å². The average Bonchev–Trinajstić information content (AvgIpc) is 3.35. The molecule has 7 heteroatoms. The number of aromatic nitrogens is 1. The maximum Gasteiger partial charge on any atom is 0.256 e. The molecule has 2 fully saturated rings. The van der Waals surface area contributed by atoms with E-state index in [1.807, 2.05) is 17.0 Å². The van der Waals surface area contributed by atoms with E-state index in [9.17, 15) is 14.7 Å². The van der Waals surface area contributed by atoms with Gasteiger partial charge in [-0.2, -0.15) is 0 Å².